The summed E-state index contributed by atoms with van der Waals surface area (Å²) in [6.45, 7) is 0.727. The van der Waals surface area contributed by atoms with Crippen molar-refractivity contribution < 1.29 is 9.90 Å². The van der Waals surface area contributed by atoms with Crippen LogP contribution in [-0.2, 0) is 0 Å². The van der Waals surface area contributed by atoms with E-state index in [1.807, 2.05) is 0 Å². The summed E-state index contributed by atoms with van der Waals surface area (Å²) in [4.78, 5) is 14.3. The van der Waals surface area contributed by atoms with Gasteiger partial charge in [0, 0.05) is 22.5 Å². The first kappa shape index (κ1) is 13.3. The van der Waals surface area contributed by atoms with Crippen LogP contribution in [0.15, 0.2) is 27.8 Å². The first-order valence-electron chi connectivity index (χ1n) is 4.92. The zero-order chi connectivity index (χ0) is 12.7. The van der Waals surface area contributed by atoms with Crippen LogP contribution >= 0.6 is 15.9 Å². The molecular formula is C10H11BrN4O2. The first-order chi connectivity index (χ1) is 8.15. The predicted octanol–water partition coefficient (Wildman–Crippen LogP) is 2.58. The summed E-state index contributed by atoms with van der Waals surface area (Å²) in [6, 6.07) is 4.63. The highest BCUT2D eigenvalue weighted by Crippen LogP contribution is 2.21. The van der Waals surface area contributed by atoms with E-state index in [-0.39, 0.29) is 17.2 Å². The van der Waals surface area contributed by atoms with Gasteiger partial charge in [0.1, 0.15) is 5.75 Å². The van der Waals surface area contributed by atoms with Gasteiger partial charge in [-0.05, 0) is 30.2 Å². The van der Waals surface area contributed by atoms with Crippen LogP contribution in [0.1, 0.15) is 16.8 Å². The molecule has 2 N–H and O–H groups in total. The average molecular weight is 299 g/mol. The van der Waals surface area contributed by atoms with Crippen LogP contribution < -0.4 is 5.32 Å². The molecule has 0 spiro atoms. The SMILES string of the molecule is [N-]=[N+]=NCCCNC(=O)c1cc(Br)ccc1O. The fourth-order valence-corrected chi connectivity index (χ4v) is 1.54. The Hall–Kier alpha value is -1.72. The van der Waals surface area contributed by atoms with E-state index in [4.69, 9.17) is 5.53 Å². The molecule has 0 atom stereocenters. The van der Waals surface area contributed by atoms with Crippen LogP contribution in [-0.4, -0.2) is 24.1 Å². The van der Waals surface area contributed by atoms with Crippen molar-refractivity contribution in [2.24, 2.45) is 5.11 Å². The molecule has 7 heteroatoms. The van der Waals surface area contributed by atoms with Crippen molar-refractivity contribution in [3.63, 3.8) is 0 Å². The molecule has 6 nitrogen and oxygen atoms in total. The number of rotatable bonds is 5. The third-order valence-corrected chi connectivity index (χ3v) is 2.48. The number of aromatic hydroxyl groups is 1. The number of amides is 1. The largest absolute Gasteiger partial charge is 0.507 e. The molecule has 0 aliphatic heterocycles. The number of phenols is 1. The maximum atomic E-state index is 11.7. The minimum Gasteiger partial charge on any atom is -0.507 e. The van der Waals surface area contributed by atoms with E-state index in [1.54, 1.807) is 6.07 Å². The van der Waals surface area contributed by atoms with Gasteiger partial charge >= 0.3 is 0 Å². The summed E-state index contributed by atoms with van der Waals surface area (Å²) in [5.41, 5.74) is 8.26. The van der Waals surface area contributed by atoms with Crippen molar-refractivity contribution >= 4 is 21.8 Å². The smallest absolute Gasteiger partial charge is 0.255 e. The summed E-state index contributed by atoms with van der Waals surface area (Å²) in [6.07, 6.45) is 0.560. The third-order valence-electron chi connectivity index (χ3n) is 1.99. The van der Waals surface area contributed by atoms with Gasteiger partial charge in [-0.2, -0.15) is 0 Å². The Morgan fingerprint density at radius 2 is 2.35 bits per heavy atom. The van der Waals surface area contributed by atoms with E-state index in [0.29, 0.717) is 19.5 Å². The van der Waals surface area contributed by atoms with E-state index < -0.39 is 0 Å². The van der Waals surface area contributed by atoms with Gasteiger partial charge in [0.05, 0.1) is 5.56 Å². The van der Waals surface area contributed by atoms with Crippen LogP contribution in [0.3, 0.4) is 0 Å². The van der Waals surface area contributed by atoms with E-state index in [0.717, 1.165) is 4.47 Å². The van der Waals surface area contributed by atoms with E-state index in [2.05, 4.69) is 31.3 Å². The number of carbonyl (C=O) groups is 1. The number of benzene rings is 1. The molecule has 90 valence electrons. The Bertz CT molecular complexity index is 458. The fraction of sp³-hybridized carbons (Fsp3) is 0.300. The lowest BCUT2D eigenvalue weighted by Crippen LogP contribution is -2.24. The number of hydrogen-bond donors (Lipinski definition) is 2. The van der Waals surface area contributed by atoms with Gasteiger partial charge in [-0.15, -0.1) is 0 Å². The lowest BCUT2D eigenvalue weighted by atomic mass is 10.2. The van der Waals surface area contributed by atoms with Crippen molar-refractivity contribution in [3.05, 3.63) is 38.7 Å². The molecule has 0 aliphatic carbocycles. The normalized spacial score (nSPS) is 9.47. The maximum Gasteiger partial charge on any atom is 0.255 e. The van der Waals surface area contributed by atoms with Crippen molar-refractivity contribution in [2.45, 2.75) is 6.42 Å². The standard InChI is InChI=1S/C10H11BrN4O2/c11-7-2-3-9(16)8(6-7)10(17)13-4-1-5-14-15-12/h2-3,6,16H,1,4-5H2,(H,13,17). The minimum atomic E-state index is -0.357. The van der Waals surface area contributed by atoms with Crippen molar-refractivity contribution in [1.29, 1.82) is 0 Å². The third kappa shape index (κ3) is 4.34. The van der Waals surface area contributed by atoms with Crippen LogP contribution in [0.25, 0.3) is 10.4 Å². The van der Waals surface area contributed by atoms with Gasteiger partial charge in [-0.1, -0.05) is 21.0 Å². The van der Waals surface area contributed by atoms with Gasteiger partial charge < -0.3 is 10.4 Å². The quantitative estimate of drug-likeness (QED) is 0.378. The molecule has 0 fully saturated rings. The summed E-state index contributed by atoms with van der Waals surface area (Å²) >= 11 is 3.22. The molecule has 0 radical (unpaired) electrons. The van der Waals surface area contributed by atoms with E-state index in [9.17, 15) is 9.90 Å². The van der Waals surface area contributed by atoms with Gasteiger partial charge in [0.2, 0.25) is 0 Å². The maximum absolute atomic E-state index is 11.7. The number of azide groups is 1. The number of nitrogens with one attached hydrogen (secondary N) is 1. The van der Waals surface area contributed by atoms with Crippen LogP contribution in [0.4, 0.5) is 0 Å². The Morgan fingerprint density at radius 3 is 3.06 bits per heavy atom. The Kier molecular flexibility index (Phi) is 5.32. The molecule has 0 saturated heterocycles. The summed E-state index contributed by atoms with van der Waals surface area (Å²) in [5, 5.41) is 15.5. The summed E-state index contributed by atoms with van der Waals surface area (Å²) in [5.74, 6) is -0.425. The van der Waals surface area contributed by atoms with Gasteiger partial charge in [0.15, 0.2) is 0 Å². The molecule has 1 aromatic carbocycles. The fourth-order valence-electron chi connectivity index (χ4n) is 1.18. The highest BCUT2D eigenvalue weighted by molar-refractivity contribution is 9.10. The van der Waals surface area contributed by atoms with Crippen LogP contribution in [0, 0.1) is 0 Å². The molecule has 0 heterocycles. The number of nitrogens with zero attached hydrogens (tertiary/aromatic N) is 3. The average Bonchev–Trinajstić information content (AvgIpc) is 2.32. The monoisotopic (exact) mass is 298 g/mol. The van der Waals surface area contributed by atoms with E-state index in [1.165, 1.54) is 12.1 Å². The number of hydrogen-bond acceptors (Lipinski definition) is 3. The molecule has 1 aromatic rings. The predicted molar refractivity (Wildman–Crippen MR) is 66.8 cm³/mol. The highest BCUT2D eigenvalue weighted by atomic mass is 79.9. The first-order valence-corrected chi connectivity index (χ1v) is 5.72. The number of phenolic OH excluding ortho intramolecular Hbond substituents is 1. The molecule has 17 heavy (non-hydrogen) atoms. The van der Waals surface area contributed by atoms with E-state index >= 15 is 0 Å². The summed E-state index contributed by atoms with van der Waals surface area (Å²) < 4.78 is 0.717. The molecule has 1 rings (SSSR count). The lowest BCUT2D eigenvalue weighted by molar-refractivity contribution is 0.0951. The van der Waals surface area contributed by atoms with Crippen LogP contribution in [0.2, 0.25) is 0 Å². The zero-order valence-corrected chi connectivity index (χ0v) is 10.5. The minimum absolute atomic E-state index is 0.0688. The number of halogens is 1. The van der Waals surface area contributed by atoms with Crippen LogP contribution in [0.5, 0.6) is 5.75 Å². The Morgan fingerprint density at radius 1 is 1.59 bits per heavy atom. The molecule has 0 aromatic heterocycles. The molecule has 1 amide bonds. The Balaban J connectivity index is 2.52. The molecule has 0 saturated carbocycles. The van der Waals surface area contributed by atoms with Crippen molar-refractivity contribution in [1.82, 2.24) is 5.32 Å². The molecule has 0 unspecified atom stereocenters. The van der Waals surface area contributed by atoms with Crippen molar-refractivity contribution in [3.8, 4) is 5.75 Å². The molecule has 0 aliphatic rings. The Labute approximate surface area is 106 Å². The second-order valence-corrected chi connectivity index (χ2v) is 4.14. The van der Waals surface area contributed by atoms with Gasteiger partial charge in [0.25, 0.3) is 5.91 Å². The second-order valence-electron chi connectivity index (χ2n) is 3.23. The zero-order valence-electron chi connectivity index (χ0n) is 8.93. The summed E-state index contributed by atoms with van der Waals surface area (Å²) in [7, 11) is 0. The number of carbonyl (C=O) groups excluding carboxylic acids is 1. The lowest BCUT2D eigenvalue weighted by Gasteiger charge is -2.06. The highest BCUT2D eigenvalue weighted by Gasteiger charge is 2.10. The molecule has 0 bridgehead atoms. The van der Waals surface area contributed by atoms with Gasteiger partial charge in [-0.25, -0.2) is 0 Å². The topological polar surface area (TPSA) is 98.1 Å². The van der Waals surface area contributed by atoms with Crippen molar-refractivity contribution in [2.75, 3.05) is 13.1 Å². The second kappa shape index (κ2) is 6.78. The van der Waals surface area contributed by atoms with Gasteiger partial charge in [-0.3, -0.25) is 4.79 Å². The molecular weight excluding hydrogens is 288 g/mol.